The number of aliphatic hydroxyl groups is 7. The van der Waals surface area contributed by atoms with Crippen LogP contribution in [-0.2, 0) is 29.0 Å². The Bertz CT molecular complexity index is 3620. The van der Waals surface area contributed by atoms with Gasteiger partial charge in [0, 0.05) is 34.6 Å². The molecule has 3 aromatic carbocycles. The Morgan fingerprint density at radius 3 is 2.42 bits per heavy atom. The maximum atomic E-state index is 16.6. The minimum atomic E-state index is -2.38. The third-order valence-electron chi connectivity index (χ3n) is 26.5. The number of dihydropyridines is 1. The van der Waals surface area contributed by atoms with Crippen molar-refractivity contribution in [2.45, 2.75) is 188 Å². The summed E-state index contributed by atoms with van der Waals surface area (Å²) >= 11 is 0. The summed E-state index contributed by atoms with van der Waals surface area (Å²) in [6.45, 7) is -0.370. The highest BCUT2D eigenvalue weighted by molar-refractivity contribution is 8.76. The number of hydrogen-bond donors (Lipinski definition) is 10. The average molecular weight is 1280 g/mol. The lowest BCUT2D eigenvalue weighted by Gasteiger charge is -2.65. The Morgan fingerprint density at radius 1 is 0.802 bits per heavy atom. The van der Waals surface area contributed by atoms with Crippen molar-refractivity contribution in [3.05, 3.63) is 141 Å². The lowest BCUT2D eigenvalue weighted by Crippen LogP contribution is -2.81. The van der Waals surface area contributed by atoms with Gasteiger partial charge in [0.15, 0.2) is 11.6 Å². The summed E-state index contributed by atoms with van der Waals surface area (Å²) < 4.78 is 13.8. The first-order valence-electron chi connectivity index (χ1n) is 34.1. The fourth-order valence-electron chi connectivity index (χ4n) is 23.2. The molecule has 3 aromatic rings. The highest BCUT2D eigenvalue weighted by atomic mass is 33.1. The zero-order valence-corrected chi connectivity index (χ0v) is 53.5. The van der Waals surface area contributed by atoms with Crippen LogP contribution in [0.5, 0.6) is 11.5 Å². The van der Waals surface area contributed by atoms with Gasteiger partial charge in [0.25, 0.3) is 0 Å². The summed E-state index contributed by atoms with van der Waals surface area (Å²) in [6.07, 6.45) is 18.3. The Labute approximate surface area is 540 Å². The molecule has 17 rings (SSSR count). The minimum Gasteiger partial charge on any atom is -0.511 e. The molecule has 14 aliphatic rings. The fourth-order valence-corrected chi connectivity index (χ4v) is 26.0. The number of phenols is 1. The number of hydrogen-bond acceptors (Lipinski definition) is 17. The quantitative estimate of drug-likeness (QED) is 0.0669. The SMILES string of the molecule is O=C[C@H]1C[C@]2(CC[C@@]3(CC[C@@H](Cc4cccc(O)c4)C3)C2)C[C@]12C[C@H]1C[C@@H]3C[C@H]4C[C@]5(CO)O[C@H]6Oc7cccc8c7C(=O)[C@@]7(C(O)=CC(Cc9cccc(CO)c9)=C[C@@H]7C8=O)[C@H](CCC7(O)CCCCC7)SSCNC7=CC(=C3CN7)[C@]1(C2)[C@H]4[C@](O)([C@@H]5O)[C@H]6O. The van der Waals surface area contributed by atoms with Crippen LogP contribution in [0.1, 0.15) is 166 Å². The first kappa shape index (κ1) is 61.0. The summed E-state index contributed by atoms with van der Waals surface area (Å²) in [7, 11) is 2.90. The van der Waals surface area contributed by atoms with Gasteiger partial charge in [-0.05, 0) is 226 Å². The molecule has 17 heteroatoms. The standard InChI is InChI=1S/C74H88N2O13S2/c77-35-45-9-4-7-42(22-45)23-46-25-55-61(82)52-11-6-12-56-60(52)63(83)73(55,57(81)26-46)58(14-18-70(86)15-2-1-3-16-70)91-90-41-76-59-29-54-53(34-75-59)47-27-48-31-71(40-79)66(85)74(87,64(84)65(88-56)89-71)62(48)72(54)39-69(33-49(72)28-47)38-68(32-50(69)36-78)20-19-67(37-68)17-13-44(30-67)21-43-8-5-10-51(80)24-43/h4-12,22,24-26,29,36,44,47-50,55,58,62,64-66,75-77,79-81,84-87H,1-3,13-21,23,27-28,30-35,37-41H2/t44-,47-,48-,49+,50+,55+,58-,62-,64-,65+,66+,67+,68-,69-,71+,72+,73-,74+/m0/s1. The molecule has 3 heterocycles. The number of allylic oxidation sites excluding steroid dienone is 6. The van der Waals surface area contributed by atoms with Gasteiger partial charge in [0.2, 0.25) is 6.29 Å². The van der Waals surface area contributed by atoms with Crippen LogP contribution < -0.4 is 15.4 Å². The number of benzene rings is 3. The number of ether oxygens (including phenoxy) is 2. The van der Waals surface area contributed by atoms with Gasteiger partial charge >= 0.3 is 0 Å². The number of aromatic hydroxyl groups is 1. The second-order valence-corrected chi connectivity index (χ2v) is 33.8. The van der Waals surface area contributed by atoms with E-state index in [-0.39, 0.29) is 76.6 Å². The molecule has 10 bridgehead atoms. The first-order chi connectivity index (χ1) is 43.8. The lowest BCUT2D eigenvalue weighted by atomic mass is 9.46. The second kappa shape index (κ2) is 22.1. The van der Waals surface area contributed by atoms with Gasteiger partial charge in [-0.3, -0.25) is 9.59 Å². The largest absolute Gasteiger partial charge is 0.511 e. The summed E-state index contributed by atoms with van der Waals surface area (Å²) in [5.74, 6) is -2.11. The average Bonchev–Trinajstić information content (AvgIpc) is 1.55. The zero-order valence-electron chi connectivity index (χ0n) is 51.8. The van der Waals surface area contributed by atoms with Crippen LogP contribution in [0.15, 0.2) is 113 Å². The maximum absolute atomic E-state index is 16.6. The second-order valence-electron chi connectivity index (χ2n) is 31.3. The van der Waals surface area contributed by atoms with Crippen molar-refractivity contribution in [1.82, 2.24) is 10.6 Å². The lowest BCUT2D eigenvalue weighted by molar-refractivity contribution is -0.392. The topological polar surface area (TPSA) is 256 Å². The van der Waals surface area contributed by atoms with E-state index in [0.29, 0.717) is 73.8 Å². The van der Waals surface area contributed by atoms with Crippen LogP contribution in [0.4, 0.5) is 0 Å². The van der Waals surface area contributed by atoms with Gasteiger partial charge < -0.3 is 65.8 Å². The van der Waals surface area contributed by atoms with Crippen molar-refractivity contribution in [2.75, 3.05) is 19.0 Å². The minimum absolute atomic E-state index is 0.0408. The van der Waals surface area contributed by atoms with Crippen molar-refractivity contribution in [2.24, 2.45) is 68.5 Å². The number of Topliss-reactive ketones (excluding diaryl/α,β-unsaturated/α-hetero) is 2. The number of phenolic OH excluding ortho intramolecular Hbond substituents is 1. The molecule has 5 spiro atoms. The van der Waals surface area contributed by atoms with Gasteiger partial charge in [0.1, 0.15) is 52.4 Å². The summed E-state index contributed by atoms with van der Waals surface area (Å²) in [5.41, 5.74) is -2.72. The number of carbonyl (C=O) groups is 3. The maximum Gasteiger partial charge on any atom is 0.229 e. The molecule has 15 nitrogen and oxygen atoms in total. The van der Waals surface area contributed by atoms with Crippen LogP contribution in [0.25, 0.3) is 0 Å². The Kier molecular flexibility index (Phi) is 14.8. The monoisotopic (exact) mass is 1280 g/mol. The highest BCUT2D eigenvalue weighted by Gasteiger charge is 2.79. The van der Waals surface area contributed by atoms with Gasteiger partial charge in [-0.2, -0.15) is 0 Å². The molecule has 7 saturated carbocycles. The van der Waals surface area contributed by atoms with Crippen molar-refractivity contribution in [3.63, 3.8) is 0 Å². The third kappa shape index (κ3) is 9.23. The van der Waals surface area contributed by atoms with Crippen LogP contribution >= 0.6 is 21.6 Å². The smallest absolute Gasteiger partial charge is 0.229 e. The molecule has 10 N–H and O–H groups in total. The van der Waals surface area contributed by atoms with Crippen molar-refractivity contribution in [3.8, 4) is 11.5 Å². The summed E-state index contributed by atoms with van der Waals surface area (Å²) in [6, 6.07) is 19.9. The predicted octanol–water partition coefficient (Wildman–Crippen LogP) is 10.2. The molecule has 0 aromatic heterocycles. The van der Waals surface area contributed by atoms with E-state index < -0.39 is 86.8 Å². The number of rotatable bonds is 10. The van der Waals surface area contributed by atoms with Gasteiger partial charge in [-0.1, -0.05) is 95.5 Å². The Hall–Kier alpha value is -4.95. The van der Waals surface area contributed by atoms with E-state index in [1.807, 2.05) is 42.5 Å². The molecule has 1 saturated heterocycles. The van der Waals surface area contributed by atoms with E-state index in [1.54, 1.807) is 30.3 Å². The number of aldehydes is 1. The van der Waals surface area contributed by atoms with Crippen molar-refractivity contribution < 1.29 is 64.7 Å². The number of aliphatic hydroxyl groups excluding tert-OH is 5. The van der Waals surface area contributed by atoms with E-state index in [0.717, 1.165) is 112 Å². The highest BCUT2D eigenvalue weighted by Crippen LogP contribution is 2.80. The van der Waals surface area contributed by atoms with Crippen LogP contribution in [-0.4, -0.2) is 118 Å². The molecular formula is C74H88N2O13S2. The van der Waals surface area contributed by atoms with E-state index in [1.165, 1.54) is 33.4 Å². The summed E-state index contributed by atoms with van der Waals surface area (Å²) in [4.78, 5) is 46.6. The number of nitrogens with one attached hydrogen (secondary N) is 2. The number of carbonyl (C=O) groups excluding carboxylic acids is 3. The number of fused-ring (bicyclic) bond motifs is 2. The third-order valence-corrected chi connectivity index (χ3v) is 29.2. The Balaban J connectivity index is 0.805. The fraction of sp³-hybridized carbons (Fsp3) is 0.608. The summed E-state index contributed by atoms with van der Waals surface area (Å²) in [5, 5.41) is 105. The zero-order chi connectivity index (χ0) is 62.7. The molecule has 484 valence electrons. The van der Waals surface area contributed by atoms with Crippen LogP contribution in [0, 0.1) is 68.5 Å². The van der Waals surface area contributed by atoms with E-state index >= 15 is 9.59 Å². The van der Waals surface area contributed by atoms with Crippen LogP contribution in [0.3, 0.4) is 0 Å². The van der Waals surface area contributed by atoms with Gasteiger partial charge in [0.05, 0.1) is 42.0 Å². The van der Waals surface area contributed by atoms with Crippen LogP contribution in [0.2, 0.25) is 0 Å². The predicted molar refractivity (Wildman–Crippen MR) is 344 cm³/mol. The Morgan fingerprint density at radius 2 is 1.60 bits per heavy atom. The van der Waals surface area contributed by atoms with Gasteiger partial charge in [-0.25, -0.2) is 0 Å². The molecule has 91 heavy (non-hydrogen) atoms. The van der Waals surface area contributed by atoms with E-state index in [9.17, 15) is 45.6 Å². The van der Waals surface area contributed by atoms with E-state index in [2.05, 4.69) is 22.8 Å². The van der Waals surface area contributed by atoms with Gasteiger partial charge in [-0.15, -0.1) is 0 Å². The molecule has 0 unspecified atom stereocenters. The van der Waals surface area contributed by atoms with Crippen molar-refractivity contribution >= 4 is 39.4 Å². The molecule has 18 atom stereocenters. The first-order valence-corrected chi connectivity index (χ1v) is 36.5. The number of ketones is 2. The molecule has 3 aliphatic heterocycles. The van der Waals surface area contributed by atoms with E-state index in [4.69, 9.17) is 9.47 Å². The van der Waals surface area contributed by atoms with Crippen molar-refractivity contribution in [1.29, 1.82) is 0 Å². The normalized spacial score (nSPS) is 42.3. The molecule has 8 fully saturated rings. The molecular weight excluding hydrogens is 1190 g/mol. The molecule has 0 radical (unpaired) electrons. The molecule has 11 aliphatic carbocycles. The molecule has 0 amide bonds.